The van der Waals surface area contributed by atoms with Crippen LogP contribution in [0, 0.1) is 0 Å². The van der Waals surface area contributed by atoms with Gasteiger partial charge in [0.2, 0.25) is 5.79 Å². The van der Waals surface area contributed by atoms with Crippen molar-refractivity contribution in [2.75, 3.05) is 49.2 Å². The molecule has 3 atom stereocenters. The molecule has 2 aliphatic heterocycles. The lowest BCUT2D eigenvalue weighted by molar-refractivity contribution is -0.192. The molecular formula is C34H37Cl2N9O4. The first-order valence-electron chi connectivity index (χ1n) is 16.3. The minimum atomic E-state index is -1.18. The van der Waals surface area contributed by atoms with Gasteiger partial charge >= 0.3 is 5.69 Å². The van der Waals surface area contributed by atoms with E-state index < -0.39 is 5.79 Å². The minimum Gasteiger partial charge on any atom is -0.491 e. The quantitative estimate of drug-likeness (QED) is 0.186. The molecule has 1 unspecified atom stereocenters. The van der Waals surface area contributed by atoms with Crippen LogP contribution in [0.15, 0.2) is 84.3 Å². The van der Waals surface area contributed by atoms with Crippen molar-refractivity contribution in [3.05, 3.63) is 106 Å². The number of halogens is 2. The zero-order valence-corrected chi connectivity index (χ0v) is 28.7. The number of anilines is 2. The summed E-state index contributed by atoms with van der Waals surface area (Å²) >= 11 is 12.7. The fourth-order valence-corrected chi connectivity index (χ4v) is 6.64. The van der Waals surface area contributed by atoms with E-state index in [0.29, 0.717) is 34.6 Å². The van der Waals surface area contributed by atoms with E-state index in [0.717, 1.165) is 49.7 Å². The van der Waals surface area contributed by atoms with E-state index in [1.165, 1.54) is 20.4 Å². The van der Waals surface area contributed by atoms with Gasteiger partial charge in [0, 0.05) is 42.5 Å². The molecule has 49 heavy (non-hydrogen) atoms. The Morgan fingerprint density at radius 2 is 1.67 bits per heavy atom. The second-order valence-corrected chi connectivity index (χ2v) is 13.0. The van der Waals surface area contributed by atoms with Crippen LogP contribution in [0.2, 0.25) is 10.0 Å². The zero-order valence-electron chi connectivity index (χ0n) is 27.2. The van der Waals surface area contributed by atoms with Crippen molar-refractivity contribution in [1.82, 2.24) is 34.3 Å². The van der Waals surface area contributed by atoms with Crippen molar-refractivity contribution in [1.29, 1.82) is 0 Å². The third-order valence-corrected chi connectivity index (χ3v) is 9.53. The molecule has 5 heterocycles. The summed E-state index contributed by atoms with van der Waals surface area (Å²) in [5.41, 5.74) is 2.62. The molecule has 0 radical (unpaired) electrons. The number of pyridine rings is 1. The fourth-order valence-electron chi connectivity index (χ4n) is 6.09. The van der Waals surface area contributed by atoms with Crippen molar-refractivity contribution < 1.29 is 14.2 Å². The maximum absolute atomic E-state index is 12.8. The molecule has 2 aliphatic rings. The van der Waals surface area contributed by atoms with Crippen LogP contribution in [-0.4, -0.2) is 79.8 Å². The lowest BCUT2D eigenvalue weighted by Gasteiger charge is -2.37. The second kappa shape index (κ2) is 14.2. The maximum Gasteiger partial charge on any atom is 0.351 e. The fraction of sp³-hybridized carbons (Fsp3) is 0.382. The first-order valence-corrected chi connectivity index (χ1v) is 17.0. The molecule has 5 aromatic rings. The van der Waals surface area contributed by atoms with Gasteiger partial charge in [0.25, 0.3) is 0 Å². The Morgan fingerprint density at radius 1 is 0.959 bits per heavy atom. The van der Waals surface area contributed by atoms with E-state index in [9.17, 15) is 4.79 Å². The molecule has 7 rings (SSSR count). The van der Waals surface area contributed by atoms with E-state index in [1.54, 1.807) is 30.6 Å². The smallest absolute Gasteiger partial charge is 0.351 e. The topological polar surface area (TPSA) is 118 Å². The molecule has 2 fully saturated rings. The monoisotopic (exact) mass is 705 g/mol. The number of hydrogen-bond acceptors (Lipinski definition) is 10. The first-order chi connectivity index (χ1) is 23.8. The summed E-state index contributed by atoms with van der Waals surface area (Å²) in [5, 5.41) is 13.7. The molecule has 0 aliphatic carbocycles. The summed E-state index contributed by atoms with van der Waals surface area (Å²) in [6.45, 7) is 8.23. The van der Waals surface area contributed by atoms with Gasteiger partial charge in [-0.3, -0.25) is 0 Å². The van der Waals surface area contributed by atoms with E-state index in [-0.39, 0.29) is 24.4 Å². The van der Waals surface area contributed by atoms with Gasteiger partial charge in [-0.15, -0.1) is 0 Å². The molecule has 13 nitrogen and oxygen atoms in total. The molecule has 2 saturated heterocycles. The second-order valence-electron chi connectivity index (χ2n) is 12.1. The van der Waals surface area contributed by atoms with Gasteiger partial charge in [-0.05, 0) is 61.9 Å². The SMILES string of the molecule is CCC(C)n1ncn(-c2ccc(N3CCN(c4ccc(OC[C@@H]5CO[C@@](Cn6nccn6)(c6ccc(Cl)cc6Cl)O5)cc4)CC3)cn2)c1=O. The summed E-state index contributed by atoms with van der Waals surface area (Å²) in [4.78, 5) is 23.5. The molecule has 2 aromatic carbocycles. The highest BCUT2D eigenvalue weighted by atomic mass is 35.5. The normalized spacial score (nSPS) is 20.1. The predicted molar refractivity (Wildman–Crippen MR) is 186 cm³/mol. The lowest BCUT2D eigenvalue weighted by atomic mass is 10.1. The van der Waals surface area contributed by atoms with Gasteiger partial charge in [0.15, 0.2) is 0 Å². The third-order valence-electron chi connectivity index (χ3n) is 8.98. The van der Waals surface area contributed by atoms with Gasteiger partial charge in [-0.2, -0.15) is 20.1 Å². The van der Waals surface area contributed by atoms with E-state index in [1.807, 2.05) is 44.3 Å². The average molecular weight is 707 g/mol. The number of ether oxygens (including phenoxy) is 3. The number of rotatable bonds is 11. The van der Waals surface area contributed by atoms with Crippen LogP contribution < -0.4 is 20.2 Å². The number of benzene rings is 2. The van der Waals surface area contributed by atoms with Crippen LogP contribution in [0.1, 0.15) is 31.9 Å². The molecule has 3 aromatic heterocycles. The van der Waals surface area contributed by atoms with Gasteiger partial charge in [-0.1, -0.05) is 36.2 Å². The molecule has 0 bridgehead atoms. The summed E-state index contributed by atoms with van der Waals surface area (Å²) in [6.07, 6.45) is 7.05. The Bertz CT molecular complexity index is 1910. The highest BCUT2D eigenvalue weighted by Gasteiger charge is 2.46. The molecular weight excluding hydrogens is 669 g/mol. The van der Waals surface area contributed by atoms with Crippen molar-refractivity contribution in [3.8, 4) is 11.6 Å². The Morgan fingerprint density at radius 3 is 2.35 bits per heavy atom. The molecule has 0 N–H and O–H groups in total. The Labute approximate surface area is 293 Å². The van der Waals surface area contributed by atoms with Crippen LogP contribution in [0.5, 0.6) is 5.75 Å². The van der Waals surface area contributed by atoms with Gasteiger partial charge in [0.05, 0.1) is 41.9 Å². The van der Waals surface area contributed by atoms with Gasteiger partial charge in [-0.25, -0.2) is 19.0 Å². The van der Waals surface area contributed by atoms with Gasteiger partial charge < -0.3 is 24.0 Å². The van der Waals surface area contributed by atoms with Gasteiger partial charge in [0.1, 0.15) is 37.2 Å². The largest absolute Gasteiger partial charge is 0.491 e. The number of nitrogens with zero attached hydrogens (tertiary/aromatic N) is 9. The number of piperazine rings is 1. The molecule has 0 amide bonds. The standard InChI is InChI=1S/C34H37Cl2N9O4/c1-3-24(2)45-33(46)43(23-40-45)32-11-7-27(19-37-32)42-16-14-41(15-17-42)26-5-8-28(9-6-26)47-20-29-21-48-34(49-29,22-44-38-12-13-39-44)30-10-4-25(35)18-31(30)36/h4-13,18-19,23-24,29H,3,14-17,20-22H2,1-2H3/t24?,29-,34-/m1/s1. The van der Waals surface area contributed by atoms with Crippen LogP contribution in [0.4, 0.5) is 11.4 Å². The Balaban J connectivity index is 0.925. The van der Waals surface area contributed by atoms with E-state index in [2.05, 4.69) is 42.2 Å². The van der Waals surface area contributed by atoms with Crippen LogP contribution in [0.3, 0.4) is 0 Å². The Hall–Kier alpha value is -4.43. The van der Waals surface area contributed by atoms with E-state index >= 15 is 0 Å². The summed E-state index contributed by atoms with van der Waals surface area (Å²) in [5.74, 6) is 0.116. The zero-order chi connectivity index (χ0) is 34.0. The summed E-state index contributed by atoms with van der Waals surface area (Å²) < 4.78 is 21.8. The average Bonchev–Trinajstić information content (AvgIpc) is 3.88. The summed E-state index contributed by atoms with van der Waals surface area (Å²) in [7, 11) is 0. The summed E-state index contributed by atoms with van der Waals surface area (Å²) in [6, 6.07) is 17.2. The maximum atomic E-state index is 12.8. The van der Waals surface area contributed by atoms with Crippen LogP contribution in [-0.2, 0) is 21.8 Å². The van der Waals surface area contributed by atoms with Crippen molar-refractivity contribution in [2.24, 2.45) is 0 Å². The predicted octanol–water partition coefficient (Wildman–Crippen LogP) is 4.97. The number of aromatic nitrogens is 7. The highest BCUT2D eigenvalue weighted by molar-refractivity contribution is 6.35. The van der Waals surface area contributed by atoms with Crippen molar-refractivity contribution >= 4 is 34.6 Å². The first kappa shape index (κ1) is 33.1. The number of hydrogen-bond donors (Lipinski definition) is 0. The van der Waals surface area contributed by atoms with E-state index in [4.69, 9.17) is 37.4 Å². The molecule has 0 saturated carbocycles. The van der Waals surface area contributed by atoms with Crippen molar-refractivity contribution in [3.63, 3.8) is 0 Å². The third kappa shape index (κ3) is 7.02. The van der Waals surface area contributed by atoms with Crippen LogP contribution >= 0.6 is 23.2 Å². The molecule has 256 valence electrons. The molecule has 0 spiro atoms. The highest BCUT2D eigenvalue weighted by Crippen LogP contribution is 2.40. The lowest BCUT2D eigenvalue weighted by Crippen LogP contribution is -2.46. The Kier molecular flexibility index (Phi) is 9.59. The molecule has 15 heteroatoms. The van der Waals surface area contributed by atoms with Crippen LogP contribution in [0.25, 0.3) is 5.82 Å². The van der Waals surface area contributed by atoms with Crippen molar-refractivity contribution in [2.45, 2.75) is 44.7 Å². The minimum absolute atomic E-state index is 0.0366.